The highest BCUT2D eigenvalue weighted by atomic mass is 16.5. The minimum Gasteiger partial charge on any atom is -0.467 e. The minimum absolute atomic E-state index is 0.267. The van der Waals surface area contributed by atoms with Crippen molar-refractivity contribution in [3.05, 3.63) is 0 Å². The van der Waals surface area contributed by atoms with E-state index in [-0.39, 0.29) is 12.5 Å². The van der Waals surface area contributed by atoms with E-state index in [0.717, 1.165) is 45.2 Å². The summed E-state index contributed by atoms with van der Waals surface area (Å²) in [5.41, 5.74) is -2.00. The van der Waals surface area contributed by atoms with Crippen LogP contribution in [0.4, 0.5) is 0 Å². The van der Waals surface area contributed by atoms with Crippen LogP contribution in [0.3, 0.4) is 0 Å². The van der Waals surface area contributed by atoms with Gasteiger partial charge in [0.05, 0.1) is 12.7 Å². The molecule has 0 aromatic heterocycles. The van der Waals surface area contributed by atoms with E-state index in [9.17, 15) is 15.0 Å². The molecule has 1 aliphatic carbocycles. The molecule has 3 atom stereocenters. The van der Waals surface area contributed by atoms with Crippen molar-refractivity contribution in [3.8, 4) is 0 Å². The van der Waals surface area contributed by atoms with E-state index < -0.39 is 17.2 Å². The lowest BCUT2D eigenvalue weighted by molar-refractivity contribution is -0.165. The number of hydrogen-bond acceptors (Lipinski definition) is 5. The molecule has 0 aromatic rings. The lowest BCUT2D eigenvalue weighted by Gasteiger charge is -2.48. The molecule has 0 aromatic carbocycles. The van der Waals surface area contributed by atoms with E-state index in [1.807, 2.05) is 0 Å². The first-order chi connectivity index (χ1) is 8.87. The highest BCUT2D eigenvalue weighted by Gasteiger charge is 2.44. The maximum atomic E-state index is 11.5. The van der Waals surface area contributed by atoms with Gasteiger partial charge in [0.15, 0.2) is 5.60 Å². The lowest BCUT2D eigenvalue weighted by Crippen LogP contribution is -2.57. The smallest absolute Gasteiger partial charge is 0.338 e. The van der Waals surface area contributed by atoms with Crippen LogP contribution in [0.1, 0.15) is 39.0 Å². The molecule has 2 rings (SSSR count). The maximum Gasteiger partial charge on any atom is 0.338 e. The Hall–Kier alpha value is -0.650. The Labute approximate surface area is 114 Å². The molecule has 1 aliphatic heterocycles. The van der Waals surface area contributed by atoms with E-state index in [2.05, 4.69) is 9.64 Å². The summed E-state index contributed by atoms with van der Waals surface area (Å²) in [4.78, 5) is 13.6. The second-order valence-corrected chi connectivity index (χ2v) is 6.30. The zero-order valence-electron chi connectivity index (χ0n) is 11.9. The van der Waals surface area contributed by atoms with E-state index in [1.54, 1.807) is 0 Å². The summed E-state index contributed by atoms with van der Waals surface area (Å²) in [7, 11) is 1.28. The molecule has 0 spiro atoms. The van der Waals surface area contributed by atoms with Crippen LogP contribution in [0, 0.1) is 5.92 Å². The van der Waals surface area contributed by atoms with Crippen molar-refractivity contribution in [2.75, 3.05) is 26.7 Å². The molecule has 5 nitrogen and oxygen atoms in total. The fraction of sp³-hybridized carbons (Fsp3) is 0.929. The average Bonchev–Trinajstić information content (AvgIpc) is 2.37. The van der Waals surface area contributed by atoms with Crippen LogP contribution in [-0.2, 0) is 9.53 Å². The Kier molecular flexibility index (Phi) is 4.18. The predicted molar refractivity (Wildman–Crippen MR) is 70.6 cm³/mol. The van der Waals surface area contributed by atoms with Crippen LogP contribution in [0.2, 0.25) is 0 Å². The number of esters is 1. The third-order valence-electron chi connectivity index (χ3n) is 4.67. The standard InChI is InChI=1S/C14H25NO4/c1-13(17,12(16)19-2)10-15-8-7-14(18)6-4-3-5-11(14)9-15/h11,17-18H,3-10H2,1-2H3. The van der Waals surface area contributed by atoms with Gasteiger partial charge in [-0.3, -0.25) is 4.90 Å². The SMILES string of the molecule is COC(=O)C(C)(O)CN1CCC2(O)CCCCC2C1. The third-order valence-corrected chi connectivity index (χ3v) is 4.67. The molecule has 1 saturated heterocycles. The minimum atomic E-state index is -1.47. The molecular formula is C14H25NO4. The Morgan fingerprint density at radius 2 is 2.21 bits per heavy atom. The van der Waals surface area contributed by atoms with Gasteiger partial charge in [0.2, 0.25) is 0 Å². The fourth-order valence-corrected chi connectivity index (χ4v) is 3.50. The number of fused-ring (bicyclic) bond motifs is 1. The number of hydrogen-bond donors (Lipinski definition) is 2. The summed E-state index contributed by atoms with van der Waals surface area (Å²) in [5, 5.41) is 20.7. The number of rotatable bonds is 3. The number of likely N-dealkylation sites (tertiary alicyclic amines) is 1. The van der Waals surface area contributed by atoms with Crippen molar-refractivity contribution >= 4 is 5.97 Å². The normalized spacial score (nSPS) is 35.3. The highest BCUT2D eigenvalue weighted by Crippen LogP contribution is 2.39. The Morgan fingerprint density at radius 3 is 2.89 bits per heavy atom. The summed E-state index contributed by atoms with van der Waals surface area (Å²) in [5.74, 6) is -0.333. The van der Waals surface area contributed by atoms with Crippen LogP contribution in [0.5, 0.6) is 0 Å². The number of carbonyl (C=O) groups excluding carboxylic acids is 1. The first-order valence-electron chi connectivity index (χ1n) is 7.13. The summed E-state index contributed by atoms with van der Waals surface area (Å²) in [6.07, 6.45) is 4.92. The number of carbonyl (C=O) groups is 1. The number of ether oxygens (including phenoxy) is 1. The van der Waals surface area contributed by atoms with Gasteiger partial charge in [0, 0.05) is 25.6 Å². The lowest BCUT2D eigenvalue weighted by atomic mass is 9.71. The van der Waals surface area contributed by atoms with Gasteiger partial charge in [-0.25, -0.2) is 4.79 Å². The van der Waals surface area contributed by atoms with Crippen LogP contribution in [-0.4, -0.2) is 59.0 Å². The second-order valence-electron chi connectivity index (χ2n) is 6.30. The molecule has 2 fully saturated rings. The van der Waals surface area contributed by atoms with Crippen molar-refractivity contribution in [2.45, 2.75) is 50.2 Å². The molecule has 1 saturated carbocycles. The van der Waals surface area contributed by atoms with E-state index in [0.29, 0.717) is 0 Å². The van der Waals surface area contributed by atoms with Crippen molar-refractivity contribution in [1.29, 1.82) is 0 Å². The monoisotopic (exact) mass is 271 g/mol. The molecule has 2 aliphatic rings. The molecular weight excluding hydrogens is 246 g/mol. The fourth-order valence-electron chi connectivity index (χ4n) is 3.50. The van der Waals surface area contributed by atoms with Gasteiger partial charge in [-0.1, -0.05) is 12.8 Å². The molecule has 19 heavy (non-hydrogen) atoms. The van der Waals surface area contributed by atoms with Crippen LogP contribution in [0.15, 0.2) is 0 Å². The molecule has 2 N–H and O–H groups in total. The average molecular weight is 271 g/mol. The van der Waals surface area contributed by atoms with Gasteiger partial charge in [-0.05, 0) is 26.2 Å². The quantitative estimate of drug-likeness (QED) is 0.733. The first kappa shape index (κ1) is 14.8. The molecule has 110 valence electrons. The summed E-state index contributed by atoms with van der Waals surface area (Å²) in [6, 6.07) is 0. The van der Waals surface area contributed by atoms with E-state index in [4.69, 9.17) is 0 Å². The summed E-state index contributed by atoms with van der Waals surface area (Å²) in [6.45, 7) is 3.23. The Bertz CT molecular complexity index is 344. The van der Waals surface area contributed by atoms with E-state index >= 15 is 0 Å². The van der Waals surface area contributed by atoms with Crippen molar-refractivity contribution < 1.29 is 19.7 Å². The highest BCUT2D eigenvalue weighted by molar-refractivity contribution is 5.78. The zero-order valence-corrected chi connectivity index (χ0v) is 11.9. The van der Waals surface area contributed by atoms with Gasteiger partial charge in [-0.15, -0.1) is 0 Å². The Balaban J connectivity index is 1.96. The third kappa shape index (κ3) is 3.09. The number of β-amino-alcohol motifs (C(OH)–C–C–N with tert-alkyl or cyclic N) is 1. The van der Waals surface area contributed by atoms with Crippen LogP contribution in [0.25, 0.3) is 0 Å². The van der Waals surface area contributed by atoms with Crippen molar-refractivity contribution in [2.24, 2.45) is 5.92 Å². The molecule has 0 radical (unpaired) electrons. The molecule has 5 heteroatoms. The van der Waals surface area contributed by atoms with Crippen molar-refractivity contribution in [1.82, 2.24) is 4.90 Å². The second kappa shape index (κ2) is 5.38. The molecule has 0 amide bonds. The van der Waals surface area contributed by atoms with Gasteiger partial charge in [0.25, 0.3) is 0 Å². The van der Waals surface area contributed by atoms with Gasteiger partial charge in [-0.2, -0.15) is 0 Å². The number of piperidine rings is 1. The van der Waals surface area contributed by atoms with Gasteiger partial charge in [0.1, 0.15) is 0 Å². The number of methoxy groups -OCH3 is 1. The number of nitrogens with zero attached hydrogens (tertiary/aromatic N) is 1. The topological polar surface area (TPSA) is 70.0 Å². The molecule has 3 unspecified atom stereocenters. The summed E-state index contributed by atoms with van der Waals surface area (Å²) >= 11 is 0. The van der Waals surface area contributed by atoms with Gasteiger partial charge >= 0.3 is 5.97 Å². The first-order valence-corrected chi connectivity index (χ1v) is 7.13. The summed E-state index contributed by atoms with van der Waals surface area (Å²) < 4.78 is 4.62. The van der Waals surface area contributed by atoms with Crippen LogP contribution >= 0.6 is 0 Å². The zero-order chi connectivity index (χ0) is 14.1. The molecule has 1 heterocycles. The molecule has 0 bridgehead atoms. The van der Waals surface area contributed by atoms with Crippen molar-refractivity contribution in [3.63, 3.8) is 0 Å². The number of aliphatic hydroxyl groups is 2. The predicted octanol–water partition coefficient (Wildman–Crippen LogP) is 0.537. The maximum absolute atomic E-state index is 11.5. The Morgan fingerprint density at radius 1 is 1.47 bits per heavy atom. The van der Waals surface area contributed by atoms with Gasteiger partial charge < -0.3 is 14.9 Å². The van der Waals surface area contributed by atoms with E-state index in [1.165, 1.54) is 14.0 Å². The largest absolute Gasteiger partial charge is 0.467 e. The van der Waals surface area contributed by atoms with Crippen LogP contribution < -0.4 is 0 Å².